The molecule has 1 aliphatic carbocycles. The lowest BCUT2D eigenvalue weighted by Crippen LogP contribution is -2.36. The lowest BCUT2D eigenvalue weighted by Gasteiger charge is -2.33. The normalized spacial score (nSPS) is 27.1. The standard InChI is InChI=1S/C13H21NO2/c1-10(11-14-12(2,3)9-16-11)13(15)7-5-4-6-8-13/h15H,1,4-9H2,2-3H3. The number of ether oxygens (including phenoxy) is 1. The molecule has 1 heterocycles. The van der Waals surface area contributed by atoms with Gasteiger partial charge in [0.25, 0.3) is 0 Å². The number of hydrogen-bond acceptors (Lipinski definition) is 3. The molecule has 0 amide bonds. The minimum atomic E-state index is -0.780. The smallest absolute Gasteiger partial charge is 0.214 e. The highest BCUT2D eigenvalue weighted by Crippen LogP contribution is 2.35. The quantitative estimate of drug-likeness (QED) is 0.781. The van der Waals surface area contributed by atoms with Crippen molar-refractivity contribution in [3.63, 3.8) is 0 Å². The number of hydrogen-bond donors (Lipinski definition) is 1. The van der Waals surface area contributed by atoms with Crippen LogP contribution in [0.5, 0.6) is 0 Å². The molecule has 0 bridgehead atoms. The van der Waals surface area contributed by atoms with E-state index in [4.69, 9.17) is 4.74 Å². The van der Waals surface area contributed by atoms with E-state index in [1.54, 1.807) is 0 Å². The molecule has 2 aliphatic rings. The Balaban J connectivity index is 2.13. The molecule has 16 heavy (non-hydrogen) atoms. The summed E-state index contributed by atoms with van der Waals surface area (Å²) in [5, 5.41) is 10.5. The van der Waals surface area contributed by atoms with Crippen LogP contribution in [-0.2, 0) is 4.74 Å². The molecule has 0 unspecified atom stereocenters. The molecule has 0 aromatic heterocycles. The molecule has 1 aliphatic heterocycles. The molecule has 90 valence electrons. The van der Waals surface area contributed by atoms with Gasteiger partial charge in [-0.2, -0.15) is 0 Å². The second-order valence-electron chi connectivity index (χ2n) is 5.59. The maximum absolute atomic E-state index is 10.5. The Bertz CT molecular complexity index is 325. The molecule has 0 spiro atoms. The summed E-state index contributed by atoms with van der Waals surface area (Å²) in [7, 11) is 0. The van der Waals surface area contributed by atoms with E-state index in [0.717, 1.165) is 25.7 Å². The first-order valence-corrected chi connectivity index (χ1v) is 6.08. The minimum absolute atomic E-state index is 0.177. The SMILES string of the molecule is C=C(C1=NC(C)(C)CO1)C1(O)CCCCC1. The molecule has 3 nitrogen and oxygen atoms in total. The van der Waals surface area contributed by atoms with Crippen molar-refractivity contribution >= 4 is 5.90 Å². The molecular weight excluding hydrogens is 202 g/mol. The zero-order valence-corrected chi connectivity index (χ0v) is 10.3. The van der Waals surface area contributed by atoms with Gasteiger partial charge in [-0.25, -0.2) is 4.99 Å². The van der Waals surface area contributed by atoms with Crippen LogP contribution < -0.4 is 0 Å². The van der Waals surface area contributed by atoms with Crippen LogP contribution in [0.15, 0.2) is 17.1 Å². The van der Waals surface area contributed by atoms with Gasteiger partial charge in [-0.15, -0.1) is 0 Å². The van der Waals surface area contributed by atoms with Gasteiger partial charge in [0.05, 0.1) is 11.1 Å². The van der Waals surface area contributed by atoms with Crippen molar-refractivity contribution in [3.05, 3.63) is 12.2 Å². The number of rotatable bonds is 2. The highest BCUT2D eigenvalue weighted by Gasteiger charge is 2.38. The van der Waals surface area contributed by atoms with E-state index < -0.39 is 5.60 Å². The van der Waals surface area contributed by atoms with Gasteiger partial charge in [-0.3, -0.25) is 0 Å². The van der Waals surface area contributed by atoms with E-state index in [1.165, 1.54) is 6.42 Å². The third kappa shape index (κ3) is 2.14. The largest absolute Gasteiger partial charge is 0.475 e. The van der Waals surface area contributed by atoms with Crippen LogP contribution >= 0.6 is 0 Å². The van der Waals surface area contributed by atoms with Crippen molar-refractivity contribution in [2.24, 2.45) is 4.99 Å². The maximum atomic E-state index is 10.5. The van der Waals surface area contributed by atoms with E-state index in [0.29, 0.717) is 18.1 Å². The Hall–Kier alpha value is -0.830. The summed E-state index contributed by atoms with van der Waals surface area (Å²) in [5.41, 5.74) is -0.279. The molecule has 1 saturated carbocycles. The fourth-order valence-electron chi connectivity index (χ4n) is 2.38. The molecule has 0 aromatic rings. The average Bonchev–Trinajstić information content (AvgIpc) is 2.59. The Morgan fingerprint density at radius 2 is 1.94 bits per heavy atom. The second kappa shape index (κ2) is 3.88. The van der Waals surface area contributed by atoms with Crippen molar-refractivity contribution in [3.8, 4) is 0 Å². The van der Waals surface area contributed by atoms with Crippen LogP contribution in [0.3, 0.4) is 0 Å². The summed E-state index contributed by atoms with van der Waals surface area (Å²) < 4.78 is 5.54. The second-order valence-corrected chi connectivity index (χ2v) is 5.59. The number of nitrogens with zero attached hydrogens (tertiary/aromatic N) is 1. The first kappa shape index (κ1) is 11.6. The van der Waals surface area contributed by atoms with Gasteiger partial charge in [0.15, 0.2) is 0 Å². The van der Waals surface area contributed by atoms with Crippen molar-refractivity contribution in [1.82, 2.24) is 0 Å². The van der Waals surface area contributed by atoms with Gasteiger partial charge in [0.1, 0.15) is 6.61 Å². The topological polar surface area (TPSA) is 41.8 Å². The molecular formula is C13H21NO2. The van der Waals surface area contributed by atoms with Gasteiger partial charge in [0.2, 0.25) is 5.90 Å². The molecule has 0 saturated heterocycles. The molecule has 3 heteroatoms. The van der Waals surface area contributed by atoms with Gasteiger partial charge >= 0.3 is 0 Å². The monoisotopic (exact) mass is 223 g/mol. The molecule has 0 radical (unpaired) electrons. The van der Waals surface area contributed by atoms with Gasteiger partial charge < -0.3 is 9.84 Å². The molecule has 2 rings (SSSR count). The molecule has 1 fully saturated rings. The summed E-state index contributed by atoms with van der Waals surface area (Å²) in [4.78, 5) is 4.48. The van der Waals surface area contributed by atoms with Crippen LogP contribution in [0.1, 0.15) is 46.0 Å². The summed E-state index contributed by atoms with van der Waals surface area (Å²) in [6, 6.07) is 0. The Morgan fingerprint density at radius 1 is 1.31 bits per heavy atom. The van der Waals surface area contributed by atoms with Crippen molar-refractivity contribution in [2.45, 2.75) is 57.1 Å². The minimum Gasteiger partial charge on any atom is -0.475 e. The fraction of sp³-hybridized carbons (Fsp3) is 0.769. The predicted octanol–water partition coefficient (Wildman–Crippen LogP) is 2.45. The van der Waals surface area contributed by atoms with E-state index in [9.17, 15) is 5.11 Å². The van der Waals surface area contributed by atoms with Crippen LogP contribution in [0.4, 0.5) is 0 Å². The number of aliphatic hydroxyl groups is 1. The maximum Gasteiger partial charge on any atom is 0.214 e. The van der Waals surface area contributed by atoms with Crippen LogP contribution in [0, 0.1) is 0 Å². The summed E-state index contributed by atoms with van der Waals surface area (Å²) in [6.45, 7) is 8.62. The Kier molecular flexibility index (Phi) is 2.82. The van der Waals surface area contributed by atoms with Crippen molar-refractivity contribution < 1.29 is 9.84 Å². The third-order valence-corrected chi connectivity index (χ3v) is 3.47. The number of aliphatic imine (C=N–C) groups is 1. The van der Waals surface area contributed by atoms with Crippen LogP contribution in [0.25, 0.3) is 0 Å². The Labute approximate surface area is 97.2 Å². The van der Waals surface area contributed by atoms with Crippen molar-refractivity contribution in [2.75, 3.05) is 6.61 Å². The predicted molar refractivity (Wildman–Crippen MR) is 64.6 cm³/mol. The third-order valence-electron chi connectivity index (χ3n) is 3.47. The van der Waals surface area contributed by atoms with Gasteiger partial charge in [-0.1, -0.05) is 25.8 Å². The van der Waals surface area contributed by atoms with E-state index >= 15 is 0 Å². The average molecular weight is 223 g/mol. The lowest BCUT2D eigenvalue weighted by molar-refractivity contribution is 0.0431. The summed E-state index contributed by atoms with van der Waals surface area (Å²) in [5.74, 6) is 0.564. The highest BCUT2D eigenvalue weighted by atomic mass is 16.5. The molecule has 1 N–H and O–H groups in total. The van der Waals surface area contributed by atoms with Crippen molar-refractivity contribution in [1.29, 1.82) is 0 Å². The molecule has 0 atom stereocenters. The van der Waals surface area contributed by atoms with E-state index in [1.807, 2.05) is 13.8 Å². The summed E-state index contributed by atoms with van der Waals surface area (Å²) in [6.07, 6.45) is 4.90. The van der Waals surface area contributed by atoms with Crippen LogP contribution in [0.2, 0.25) is 0 Å². The summed E-state index contributed by atoms with van der Waals surface area (Å²) >= 11 is 0. The molecule has 0 aromatic carbocycles. The van der Waals surface area contributed by atoms with E-state index in [-0.39, 0.29) is 5.54 Å². The van der Waals surface area contributed by atoms with Gasteiger partial charge in [-0.05, 0) is 26.7 Å². The zero-order valence-electron chi connectivity index (χ0n) is 10.3. The van der Waals surface area contributed by atoms with E-state index in [2.05, 4.69) is 11.6 Å². The lowest BCUT2D eigenvalue weighted by atomic mass is 9.80. The zero-order chi connectivity index (χ0) is 11.8. The highest BCUT2D eigenvalue weighted by molar-refractivity contribution is 5.96. The first-order valence-electron chi connectivity index (χ1n) is 6.08. The Morgan fingerprint density at radius 3 is 2.44 bits per heavy atom. The fourth-order valence-corrected chi connectivity index (χ4v) is 2.38. The van der Waals surface area contributed by atoms with Gasteiger partial charge in [0, 0.05) is 5.57 Å². The van der Waals surface area contributed by atoms with Crippen LogP contribution in [-0.4, -0.2) is 28.8 Å². The first-order chi connectivity index (χ1) is 7.43.